The largest absolute Gasteiger partial charge is 0.256 e. The highest BCUT2D eigenvalue weighted by atomic mass is 19.1. The molecule has 82 valence electrons. The van der Waals surface area contributed by atoms with Crippen molar-refractivity contribution < 1.29 is 4.39 Å². The van der Waals surface area contributed by atoms with Gasteiger partial charge in [-0.1, -0.05) is 19.9 Å². The van der Waals surface area contributed by atoms with Gasteiger partial charge in [-0.15, -0.1) is 0 Å². The van der Waals surface area contributed by atoms with E-state index >= 15 is 0 Å². The fourth-order valence-electron chi connectivity index (χ4n) is 1.54. The fraction of sp³-hybridized carbons (Fsp3) is 0.214. The number of halogens is 1. The van der Waals surface area contributed by atoms with E-state index in [9.17, 15) is 4.39 Å². The Morgan fingerprint density at radius 1 is 1.00 bits per heavy atom. The minimum atomic E-state index is -0.220. The molecular weight excluding hydrogens is 201 g/mol. The van der Waals surface area contributed by atoms with Gasteiger partial charge in [0.05, 0.1) is 5.69 Å². The van der Waals surface area contributed by atoms with E-state index in [0.717, 1.165) is 11.3 Å². The number of benzene rings is 1. The van der Waals surface area contributed by atoms with E-state index in [1.165, 1.54) is 17.7 Å². The molecular formula is C14H14FN. The van der Waals surface area contributed by atoms with Crippen LogP contribution in [0.3, 0.4) is 0 Å². The fourth-order valence-corrected chi connectivity index (χ4v) is 1.54. The maximum atomic E-state index is 12.8. The molecule has 1 nitrogen and oxygen atoms in total. The first-order valence-corrected chi connectivity index (χ1v) is 5.38. The van der Waals surface area contributed by atoms with Gasteiger partial charge >= 0.3 is 0 Å². The first kappa shape index (κ1) is 10.8. The maximum absolute atomic E-state index is 12.8. The molecule has 0 bridgehead atoms. The lowest BCUT2D eigenvalue weighted by Gasteiger charge is -2.06. The molecule has 0 radical (unpaired) electrons. The van der Waals surface area contributed by atoms with Crippen molar-refractivity contribution in [1.82, 2.24) is 4.98 Å². The van der Waals surface area contributed by atoms with Crippen LogP contribution >= 0.6 is 0 Å². The van der Waals surface area contributed by atoms with Crippen molar-refractivity contribution in [2.24, 2.45) is 0 Å². The van der Waals surface area contributed by atoms with Crippen LogP contribution < -0.4 is 0 Å². The third kappa shape index (κ3) is 2.27. The van der Waals surface area contributed by atoms with Crippen LogP contribution in [0.5, 0.6) is 0 Å². The molecule has 0 saturated heterocycles. The van der Waals surface area contributed by atoms with Gasteiger partial charge in [-0.3, -0.25) is 4.98 Å². The second-order valence-electron chi connectivity index (χ2n) is 4.14. The summed E-state index contributed by atoms with van der Waals surface area (Å²) in [5.74, 6) is 0.261. The van der Waals surface area contributed by atoms with Gasteiger partial charge in [0.25, 0.3) is 0 Å². The van der Waals surface area contributed by atoms with E-state index in [0.29, 0.717) is 5.92 Å². The van der Waals surface area contributed by atoms with Gasteiger partial charge in [0.1, 0.15) is 5.82 Å². The number of rotatable bonds is 2. The Labute approximate surface area is 95.0 Å². The summed E-state index contributed by atoms with van der Waals surface area (Å²) in [5.41, 5.74) is 3.03. The van der Waals surface area contributed by atoms with Crippen molar-refractivity contribution in [1.29, 1.82) is 0 Å². The summed E-state index contributed by atoms with van der Waals surface area (Å²) in [6.07, 6.45) is 1.88. The zero-order valence-corrected chi connectivity index (χ0v) is 9.44. The second-order valence-corrected chi connectivity index (χ2v) is 4.14. The molecule has 0 atom stereocenters. The van der Waals surface area contributed by atoms with Gasteiger partial charge in [-0.25, -0.2) is 4.39 Å². The van der Waals surface area contributed by atoms with E-state index in [1.54, 1.807) is 12.1 Å². The highest BCUT2D eigenvalue weighted by Gasteiger charge is 2.02. The molecule has 0 saturated carbocycles. The van der Waals surface area contributed by atoms with Crippen LogP contribution in [0.25, 0.3) is 11.3 Å². The van der Waals surface area contributed by atoms with Crippen molar-refractivity contribution in [3.8, 4) is 11.3 Å². The summed E-state index contributed by atoms with van der Waals surface area (Å²) in [6.45, 7) is 4.27. The highest BCUT2D eigenvalue weighted by Crippen LogP contribution is 2.20. The Hall–Kier alpha value is -1.70. The molecule has 16 heavy (non-hydrogen) atoms. The van der Waals surface area contributed by atoms with E-state index in [-0.39, 0.29) is 5.82 Å². The monoisotopic (exact) mass is 215 g/mol. The van der Waals surface area contributed by atoms with Crippen molar-refractivity contribution in [2.45, 2.75) is 19.8 Å². The van der Waals surface area contributed by atoms with Crippen molar-refractivity contribution in [2.75, 3.05) is 0 Å². The summed E-state index contributed by atoms with van der Waals surface area (Å²) in [4.78, 5) is 4.38. The Bertz CT molecular complexity index is 457. The van der Waals surface area contributed by atoms with Gasteiger partial charge in [-0.05, 0) is 41.8 Å². The molecule has 0 aliphatic heterocycles. The normalized spacial score (nSPS) is 10.8. The first-order chi connectivity index (χ1) is 7.66. The predicted octanol–water partition coefficient (Wildman–Crippen LogP) is 4.01. The van der Waals surface area contributed by atoms with Crippen LogP contribution in [0.15, 0.2) is 42.6 Å². The van der Waals surface area contributed by atoms with Gasteiger partial charge < -0.3 is 0 Å². The Morgan fingerprint density at radius 2 is 1.69 bits per heavy atom. The number of nitrogens with zero attached hydrogens (tertiary/aromatic N) is 1. The standard InChI is InChI=1S/C14H14FN/c1-10(2)12-5-8-14(16-9-12)11-3-6-13(15)7-4-11/h3-10H,1-2H3. The van der Waals surface area contributed by atoms with Crippen molar-refractivity contribution in [3.63, 3.8) is 0 Å². The summed E-state index contributed by atoms with van der Waals surface area (Å²) < 4.78 is 12.8. The van der Waals surface area contributed by atoms with Crippen LogP contribution in [0.2, 0.25) is 0 Å². The number of pyridine rings is 1. The van der Waals surface area contributed by atoms with E-state index in [4.69, 9.17) is 0 Å². The molecule has 0 amide bonds. The van der Waals surface area contributed by atoms with E-state index < -0.39 is 0 Å². The Morgan fingerprint density at radius 3 is 2.19 bits per heavy atom. The molecule has 0 spiro atoms. The van der Waals surface area contributed by atoms with Gasteiger partial charge in [0.15, 0.2) is 0 Å². The molecule has 0 aliphatic carbocycles. The average Bonchev–Trinajstić information content (AvgIpc) is 2.30. The zero-order chi connectivity index (χ0) is 11.5. The minimum absolute atomic E-state index is 0.220. The van der Waals surface area contributed by atoms with Gasteiger partial charge in [-0.2, -0.15) is 0 Å². The maximum Gasteiger partial charge on any atom is 0.123 e. The smallest absolute Gasteiger partial charge is 0.123 e. The number of hydrogen-bond acceptors (Lipinski definition) is 1. The predicted molar refractivity (Wildman–Crippen MR) is 63.7 cm³/mol. The molecule has 0 N–H and O–H groups in total. The Kier molecular flexibility index (Phi) is 3.00. The lowest BCUT2D eigenvalue weighted by Crippen LogP contribution is -1.90. The quantitative estimate of drug-likeness (QED) is 0.737. The second kappa shape index (κ2) is 4.44. The zero-order valence-electron chi connectivity index (χ0n) is 9.44. The first-order valence-electron chi connectivity index (χ1n) is 5.38. The molecule has 0 aliphatic rings. The number of hydrogen-bond donors (Lipinski definition) is 0. The van der Waals surface area contributed by atoms with Crippen molar-refractivity contribution >= 4 is 0 Å². The lowest BCUT2D eigenvalue weighted by molar-refractivity contribution is 0.628. The van der Waals surface area contributed by atoms with Crippen molar-refractivity contribution in [3.05, 3.63) is 54.0 Å². The summed E-state index contributed by atoms with van der Waals surface area (Å²) in [7, 11) is 0. The lowest BCUT2D eigenvalue weighted by atomic mass is 10.0. The number of aromatic nitrogens is 1. The van der Waals surface area contributed by atoms with Crippen LogP contribution in [-0.2, 0) is 0 Å². The molecule has 2 heteroatoms. The molecule has 0 unspecified atom stereocenters. The van der Waals surface area contributed by atoms with E-state index in [2.05, 4.69) is 24.9 Å². The molecule has 0 fully saturated rings. The van der Waals surface area contributed by atoms with Crippen LogP contribution in [-0.4, -0.2) is 4.98 Å². The highest BCUT2D eigenvalue weighted by molar-refractivity contribution is 5.58. The SMILES string of the molecule is CC(C)c1ccc(-c2ccc(F)cc2)nc1. The summed E-state index contributed by atoms with van der Waals surface area (Å²) in [5, 5.41) is 0. The molecule has 1 aromatic carbocycles. The van der Waals surface area contributed by atoms with Crippen LogP contribution in [0, 0.1) is 5.82 Å². The molecule has 1 aromatic heterocycles. The van der Waals surface area contributed by atoms with Gasteiger partial charge in [0, 0.05) is 11.8 Å². The van der Waals surface area contributed by atoms with Gasteiger partial charge in [0.2, 0.25) is 0 Å². The third-order valence-electron chi connectivity index (χ3n) is 2.59. The molecule has 2 aromatic rings. The Balaban J connectivity index is 2.31. The third-order valence-corrected chi connectivity index (χ3v) is 2.59. The van der Waals surface area contributed by atoms with Crippen LogP contribution in [0.4, 0.5) is 4.39 Å². The summed E-state index contributed by atoms with van der Waals surface area (Å²) >= 11 is 0. The van der Waals surface area contributed by atoms with E-state index in [1.807, 2.05) is 12.3 Å². The topological polar surface area (TPSA) is 12.9 Å². The molecule has 2 rings (SSSR count). The average molecular weight is 215 g/mol. The summed E-state index contributed by atoms with van der Waals surface area (Å²) in [6, 6.07) is 10.4. The molecule has 1 heterocycles. The van der Waals surface area contributed by atoms with Crippen LogP contribution in [0.1, 0.15) is 25.3 Å². The minimum Gasteiger partial charge on any atom is -0.256 e.